The van der Waals surface area contributed by atoms with E-state index in [0.717, 1.165) is 24.5 Å². The van der Waals surface area contributed by atoms with Crippen LogP contribution >= 0.6 is 11.6 Å². The maximum Gasteiger partial charge on any atom is 0.0406 e. The molecule has 2 nitrogen and oxygen atoms in total. The highest BCUT2D eigenvalue weighted by atomic mass is 35.5. The second kappa shape index (κ2) is 6.74. The van der Waals surface area contributed by atoms with E-state index in [9.17, 15) is 0 Å². The van der Waals surface area contributed by atoms with Gasteiger partial charge in [-0.3, -0.25) is 0 Å². The Labute approximate surface area is 121 Å². The third kappa shape index (κ3) is 4.79. The number of benzene rings is 1. The minimum atomic E-state index is 0.0898. The van der Waals surface area contributed by atoms with Gasteiger partial charge in [-0.1, -0.05) is 43.0 Å². The standard InChI is InChI=1S/C16H25ClN2/c1-19(13-14-5-7-15(17)8-6-14)12-11-16(18)9-3-2-4-10-16/h5-8H,2-4,9-13,18H2,1H3. The SMILES string of the molecule is CN(CCC1(N)CCCCC1)Cc1ccc(Cl)cc1. The fraction of sp³-hybridized carbons (Fsp3) is 0.625. The molecule has 0 aliphatic heterocycles. The smallest absolute Gasteiger partial charge is 0.0406 e. The first kappa shape index (κ1) is 14.8. The van der Waals surface area contributed by atoms with E-state index in [1.165, 1.54) is 37.7 Å². The summed E-state index contributed by atoms with van der Waals surface area (Å²) in [5, 5.41) is 0.800. The minimum Gasteiger partial charge on any atom is -0.325 e. The van der Waals surface area contributed by atoms with Crippen LogP contribution in [0.25, 0.3) is 0 Å². The molecule has 0 aromatic heterocycles. The Hall–Kier alpha value is -0.570. The zero-order valence-corrected chi connectivity index (χ0v) is 12.6. The third-order valence-corrected chi connectivity index (χ3v) is 4.46. The van der Waals surface area contributed by atoms with Crippen molar-refractivity contribution in [1.29, 1.82) is 0 Å². The molecule has 1 fully saturated rings. The summed E-state index contributed by atoms with van der Waals surface area (Å²) in [6.45, 7) is 2.03. The first-order chi connectivity index (χ1) is 9.07. The van der Waals surface area contributed by atoms with Gasteiger partial charge >= 0.3 is 0 Å². The van der Waals surface area contributed by atoms with E-state index in [-0.39, 0.29) is 5.54 Å². The quantitative estimate of drug-likeness (QED) is 0.888. The lowest BCUT2D eigenvalue weighted by Crippen LogP contribution is -2.44. The molecule has 0 unspecified atom stereocenters. The highest BCUT2D eigenvalue weighted by Gasteiger charge is 2.27. The predicted octanol–water partition coefficient (Wildman–Crippen LogP) is 3.82. The summed E-state index contributed by atoms with van der Waals surface area (Å²) in [4.78, 5) is 2.35. The molecule has 0 spiro atoms. The molecular weight excluding hydrogens is 256 g/mol. The summed E-state index contributed by atoms with van der Waals surface area (Å²) >= 11 is 5.90. The summed E-state index contributed by atoms with van der Waals surface area (Å²) in [7, 11) is 2.17. The molecule has 0 radical (unpaired) electrons. The van der Waals surface area contributed by atoms with E-state index in [1.54, 1.807) is 0 Å². The minimum absolute atomic E-state index is 0.0898. The molecule has 2 rings (SSSR count). The van der Waals surface area contributed by atoms with Crippen LogP contribution in [0.15, 0.2) is 24.3 Å². The molecule has 0 amide bonds. The van der Waals surface area contributed by atoms with Gasteiger partial charge in [0.15, 0.2) is 0 Å². The molecule has 0 heterocycles. The van der Waals surface area contributed by atoms with Crippen LogP contribution in [0.2, 0.25) is 5.02 Å². The van der Waals surface area contributed by atoms with Crippen LogP contribution in [0.1, 0.15) is 44.1 Å². The fourth-order valence-electron chi connectivity index (χ4n) is 2.90. The zero-order valence-electron chi connectivity index (χ0n) is 11.9. The van der Waals surface area contributed by atoms with E-state index in [2.05, 4.69) is 24.1 Å². The first-order valence-electron chi connectivity index (χ1n) is 7.29. The van der Waals surface area contributed by atoms with E-state index >= 15 is 0 Å². The van der Waals surface area contributed by atoms with Crippen molar-refractivity contribution in [2.45, 2.75) is 50.6 Å². The van der Waals surface area contributed by atoms with Gasteiger partial charge < -0.3 is 10.6 Å². The molecule has 19 heavy (non-hydrogen) atoms. The summed E-state index contributed by atoms with van der Waals surface area (Å²) in [5.41, 5.74) is 7.87. The van der Waals surface area contributed by atoms with Crippen LogP contribution < -0.4 is 5.73 Å². The Bertz CT molecular complexity index is 382. The van der Waals surface area contributed by atoms with Crippen LogP contribution in [0, 0.1) is 0 Å². The van der Waals surface area contributed by atoms with Gasteiger partial charge in [0, 0.05) is 17.1 Å². The predicted molar refractivity (Wildman–Crippen MR) is 82.4 cm³/mol. The molecule has 1 saturated carbocycles. The first-order valence-corrected chi connectivity index (χ1v) is 7.67. The van der Waals surface area contributed by atoms with Crippen molar-refractivity contribution in [3.05, 3.63) is 34.9 Å². The summed E-state index contributed by atoms with van der Waals surface area (Å²) in [6.07, 6.45) is 7.47. The normalized spacial score (nSPS) is 18.7. The summed E-state index contributed by atoms with van der Waals surface area (Å²) in [6, 6.07) is 8.10. The average Bonchev–Trinajstić information content (AvgIpc) is 2.40. The topological polar surface area (TPSA) is 29.3 Å². The Morgan fingerprint density at radius 2 is 1.79 bits per heavy atom. The Morgan fingerprint density at radius 3 is 2.42 bits per heavy atom. The highest BCUT2D eigenvalue weighted by molar-refractivity contribution is 6.30. The molecule has 1 aliphatic rings. The van der Waals surface area contributed by atoms with Crippen molar-refractivity contribution in [2.75, 3.05) is 13.6 Å². The number of nitrogens with two attached hydrogens (primary N) is 1. The molecule has 0 bridgehead atoms. The van der Waals surface area contributed by atoms with E-state index < -0.39 is 0 Å². The van der Waals surface area contributed by atoms with Crippen molar-refractivity contribution in [1.82, 2.24) is 4.90 Å². The lowest BCUT2D eigenvalue weighted by molar-refractivity contribution is 0.226. The van der Waals surface area contributed by atoms with Crippen LogP contribution in [0.4, 0.5) is 0 Å². The molecule has 2 N–H and O–H groups in total. The molecule has 0 atom stereocenters. The van der Waals surface area contributed by atoms with Gasteiger partial charge in [-0.05, 0) is 50.6 Å². The van der Waals surface area contributed by atoms with Crippen LogP contribution in [0.3, 0.4) is 0 Å². The maximum atomic E-state index is 6.48. The number of rotatable bonds is 5. The molecule has 106 valence electrons. The maximum absolute atomic E-state index is 6.48. The Kier molecular flexibility index (Phi) is 5.26. The highest BCUT2D eigenvalue weighted by Crippen LogP contribution is 2.28. The van der Waals surface area contributed by atoms with Crippen LogP contribution in [0.5, 0.6) is 0 Å². The molecule has 1 aromatic rings. The summed E-state index contributed by atoms with van der Waals surface area (Å²) < 4.78 is 0. The van der Waals surface area contributed by atoms with Gasteiger partial charge in [0.25, 0.3) is 0 Å². The Balaban J connectivity index is 1.77. The van der Waals surface area contributed by atoms with Crippen molar-refractivity contribution < 1.29 is 0 Å². The van der Waals surface area contributed by atoms with Crippen LogP contribution in [-0.4, -0.2) is 24.0 Å². The third-order valence-electron chi connectivity index (χ3n) is 4.21. The van der Waals surface area contributed by atoms with E-state index in [0.29, 0.717) is 0 Å². The molecular formula is C16H25ClN2. The van der Waals surface area contributed by atoms with Crippen molar-refractivity contribution in [2.24, 2.45) is 5.73 Å². The average molecular weight is 281 g/mol. The number of hydrogen-bond acceptors (Lipinski definition) is 2. The van der Waals surface area contributed by atoms with Crippen molar-refractivity contribution in [3.63, 3.8) is 0 Å². The molecule has 1 aromatic carbocycles. The van der Waals surface area contributed by atoms with E-state index in [1.807, 2.05) is 12.1 Å². The number of nitrogens with zero attached hydrogens (tertiary/aromatic N) is 1. The van der Waals surface area contributed by atoms with Gasteiger partial charge in [-0.25, -0.2) is 0 Å². The molecule has 0 saturated heterocycles. The molecule has 1 aliphatic carbocycles. The number of halogens is 1. The van der Waals surface area contributed by atoms with Crippen molar-refractivity contribution in [3.8, 4) is 0 Å². The zero-order chi connectivity index (χ0) is 13.7. The monoisotopic (exact) mass is 280 g/mol. The van der Waals surface area contributed by atoms with Gasteiger partial charge in [-0.2, -0.15) is 0 Å². The van der Waals surface area contributed by atoms with Crippen LogP contribution in [-0.2, 0) is 6.54 Å². The number of hydrogen-bond donors (Lipinski definition) is 1. The van der Waals surface area contributed by atoms with Gasteiger partial charge in [0.1, 0.15) is 0 Å². The second-order valence-electron chi connectivity index (χ2n) is 6.04. The van der Waals surface area contributed by atoms with Gasteiger partial charge in [-0.15, -0.1) is 0 Å². The Morgan fingerprint density at radius 1 is 1.16 bits per heavy atom. The summed E-state index contributed by atoms with van der Waals surface area (Å²) in [5.74, 6) is 0. The molecule has 3 heteroatoms. The van der Waals surface area contributed by atoms with Gasteiger partial charge in [0.2, 0.25) is 0 Å². The van der Waals surface area contributed by atoms with Gasteiger partial charge in [0.05, 0.1) is 0 Å². The lowest BCUT2D eigenvalue weighted by Gasteiger charge is -2.34. The van der Waals surface area contributed by atoms with Crippen molar-refractivity contribution >= 4 is 11.6 Å². The second-order valence-corrected chi connectivity index (χ2v) is 6.47. The largest absolute Gasteiger partial charge is 0.325 e. The lowest BCUT2D eigenvalue weighted by atomic mass is 9.80. The van der Waals surface area contributed by atoms with E-state index in [4.69, 9.17) is 17.3 Å². The fourth-order valence-corrected chi connectivity index (χ4v) is 3.03.